The molecule has 0 saturated heterocycles. The molecule has 4 heterocycles. The van der Waals surface area contributed by atoms with Crippen molar-refractivity contribution < 1.29 is 8.42 Å². The number of aryl methyl sites for hydroxylation is 2. The van der Waals surface area contributed by atoms with Crippen LogP contribution in [0.4, 0.5) is 0 Å². The Labute approximate surface area is 203 Å². The number of pyridine rings is 3. The van der Waals surface area contributed by atoms with Gasteiger partial charge in [-0.2, -0.15) is 0 Å². The maximum Gasteiger partial charge on any atom is 0.269 e. The van der Waals surface area contributed by atoms with Crippen molar-refractivity contribution in [2.75, 3.05) is 0 Å². The first kappa shape index (κ1) is 22.3. The molecule has 0 aliphatic carbocycles. The number of nitrogens with zero attached hydrogens (tertiary/aromatic N) is 4. The molecular formula is C26H21ClN4O2S. The van der Waals surface area contributed by atoms with Gasteiger partial charge in [-0.05, 0) is 65.9 Å². The Morgan fingerprint density at radius 1 is 0.824 bits per heavy atom. The lowest BCUT2D eigenvalue weighted by Gasteiger charge is -2.06. The fourth-order valence-electron chi connectivity index (χ4n) is 3.91. The predicted octanol–water partition coefficient (Wildman–Crippen LogP) is 5.09. The summed E-state index contributed by atoms with van der Waals surface area (Å²) in [6, 6.07) is 17.9. The van der Waals surface area contributed by atoms with Gasteiger partial charge in [0.1, 0.15) is 0 Å². The first-order chi connectivity index (χ1) is 16.5. The first-order valence-electron chi connectivity index (χ1n) is 10.8. The van der Waals surface area contributed by atoms with Crippen LogP contribution in [0.15, 0.2) is 96.5 Å². The van der Waals surface area contributed by atoms with E-state index in [2.05, 4.69) is 15.0 Å². The zero-order chi connectivity index (χ0) is 23.5. The highest BCUT2D eigenvalue weighted by atomic mass is 35.5. The minimum atomic E-state index is -3.76. The summed E-state index contributed by atoms with van der Waals surface area (Å²) in [4.78, 5) is 13.3. The minimum absolute atomic E-state index is 0.226. The van der Waals surface area contributed by atoms with Crippen molar-refractivity contribution in [2.24, 2.45) is 0 Å². The van der Waals surface area contributed by atoms with Crippen LogP contribution in [0.25, 0.3) is 11.0 Å². The van der Waals surface area contributed by atoms with E-state index >= 15 is 0 Å². The average molecular weight is 489 g/mol. The maximum absolute atomic E-state index is 13.3. The maximum atomic E-state index is 13.3. The zero-order valence-corrected chi connectivity index (χ0v) is 19.7. The summed E-state index contributed by atoms with van der Waals surface area (Å²) >= 11 is 6.22. The molecule has 34 heavy (non-hydrogen) atoms. The molecule has 0 N–H and O–H groups in total. The second-order valence-electron chi connectivity index (χ2n) is 7.94. The SMILES string of the molecule is O=S(=O)(c1ccccc1)n1cc(Cc2ccc(CCc3cnccc3Cl)nc2)c2cccnc21. The Hall–Kier alpha value is -3.55. The van der Waals surface area contributed by atoms with E-state index in [1.165, 1.54) is 3.97 Å². The van der Waals surface area contributed by atoms with E-state index in [9.17, 15) is 8.42 Å². The van der Waals surface area contributed by atoms with Crippen molar-refractivity contribution in [1.82, 2.24) is 18.9 Å². The molecule has 0 amide bonds. The largest absolute Gasteiger partial charge is 0.269 e. The van der Waals surface area contributed by atoms with Crippen LogP contribution in [0.5, 0.6) is 0 Å². The third kappa shape index (κ3) is 4.44. The van der Waals surface area contributed by atoms with Crippen LogP contribution >= 0.6 is 11.6 Å². The van der Waals surface area contributed by atoms with Gasteiger partial charge in [-0.25, -0.2) is 17.4 Å². The highest BCUT2D eigenvalue weighted by molar-refractivity contribution is 7.90. The summed E-state index contributed by atoms with van der Waals surface area (Å²) in [6.45, 7) is 0. The highest BCUT2D eigenvalue weighted by Crippen LogP contribution is 2.26. The summed E-state index contributed by atoms with van der Waals surface area (Å²) in [5.41, 5.74) is 4.23. The third-order valence-electron chi connectivity index (χ3n) is 5.69. The fraction of sp³-hybridized carbons (Fsp3) is 0.115. The molecule has 0 unspecified atom stereocenters. The normalized spacial score (nSPS) is 11.7. The van der Waals surface area contributed by atoms with Crippen molar-refractivity contribution in [3.8, 4) is 0 Å². The Bertz CT molecular complexity index is 1550. The van der Waals surface area contributed by atoms with Gasteiger partial charge >= 0.3 is 0 Å². The molecule has 6 nitrogen and oxygen atoms in total. The quantitative estimate of drug-likeness (QED) is 0.319. The smallest absolute Gasteiger partial charge is 0.264 e. The summed E-state index contributed by atoms with van der Waals surface area (Å²) < 4.78 is 27.8. The van der Waals surface area contributed by atoms with Gasteiger partial charge in [0, 0.05) is 53.5 Å². The van der Waals surface area contributed by atoms with Gasteiger partial charge in [0.25, 0.3) is 10.0 Å². The molecule has 4 aromatic heterocycles. The molecule has 5 rings (SSSR count). The Morgan fingerprint density at radius 2 is 1.68 bits per heavy atom. The van der Waals surface area contributed by atoms with E-state index in [0.717, 1.165) is 40.6 Å². The lowest BCUT2D eigenvalue weighted by Crippen LogP contribution is -2.12. The van der Waals surface area contributed by atoms with E-state index in [0.29, 0.717) is 17.1 Å². The van der Waals surface area contributed by atoms with Crippen LogP contribution in [-0.4, -0.2) is 27.3 Å². The monoisotopic (exact) mass is 488 g/mol. The number of halogens is 1. The van der Waals surface area contributed by atoms with Gasteiger partial charge < -0.3 is 0 Å². The summed E-state index contributed by atoms with van der Waals surface area (Å²) in [5.74, 6) is 0. The van der Waals surface area contributed by atoms with Gasteiger partial charge in [-0.3, -0.25) is 9.97 Å². The number of benzene rings is 1. The summed E-state index contributed by atoms with van der Waals surface area (Å²) in [6.07, 6.45) is 10.6. The Balaban J connectivity index is 1.40. The standard InChI is InChI=1S/C26H21ClN4O2S/c27-25-12-14-28-17-20(25)9-11-22-10-8-19(16-30-22)15-21-18-31(26-24(21)7-4-13-29-26)34(32,33)23-5-2-1-3-6-23/h1-8,10,12-14,16-18H,9,11,15H2. The zero-order valence-electron chi connectivity index (χ0n) is 18.2. The van der Waals surface area contributed by atoms with Crippen molar-refractivity contribution in [3.63, 3.8) is 0 Å². The third-order valence-corrected chi connectivity index (χ3v) is 7.72. The van der Waals surface area contributed by atoms with Crippen molar-refractivity contribution in [1.29, 1.82) is 0 Å². The van der Waals surface area contributed by atoms with Crippen LogP contribution in [0.1, 0.15) is 22.4 Å². The fourth-order valence-corrected chi connectivity index (χ4v) is 5.48. The van der Waals surface area contributed by atoms with Crippen molar-refractivity contribution in [3.05, 3.63) is 119 Å². The van der Waals surface area contributed by atoms with Crippen molar-refractivity contribution in [2.45, 2.75) is 24.2 Å². The molecular weight excluding hydrogens is 468 g/mol. The van der Waals surface area contributed by atoms with E-state index in [1.54, 1.807) is 61.2 Å². The van der Waals surface area contributed by atoms with Gasteiger partial charge in [-0.1, -0.05) is 35.9 Å². The predicted molar refractivity (Wildman–Crippen MR) is 132 cm³/mol. The molecule has 0 spiro atoms. The average Bonchev–Trinajstić information content (AvgIpc) is 3.24. The van der Waals surface area contributed by atoms with E-state index in [1.807, 2.05) is 30.5 Å². The summed E-state index contributed by atoms with van der Waals surface area (Å²) in [7, 11) is -3.76. The Morgan fingerprint density at radius 3 is 2.44 bits per heavy atom. The molecule has 0 aliphatic heterocycles. The second kappa shape index (κ2) is 9.37. The van der Waals surface area contributed by atoms with E-state index in [-0.39, 0.29) is 4.90 Å². The Kier molecular flexibility index (Phi) is 6.13. The van der Waals surface area contributed by atoms with Gasteiger partial charge in [0.05, 0.1) is 4.90 Å². The lowest BCUT2D eigenvalue weighted by atomic mass is 10.1. The number of hydrogen-bond acceptors (Lipinski definition) is 5. The van der Waals surface area contributed by atoms with Gasteiger partial charge in [-0.15, -0.1) is 0 Å². The summed E-state index contributed by atoms with van der Waals surface area (Å²) in [5, 5.41) is 1.51. The molecule has 1 aromatic carbocycles. The lowest BCUT2D eigenvalue weighted by molar-refractivity contribution is 0.588. The highest BCUT2D eigenvalue weighted by Gasteiger charge is 2.22. The number of aromatic nitrogens is 4. The molecule has 170 valence electrons. The molecule has 0 bridgehead atoms. The van der Waals surface area contributed by atoms with Crippen LogP contribution < -0.4 is 0 Å². The van der Waals surface area contributed by atoms with Gasteiger partial charge in [0.15, 0.2) is 5.65 Å². The second-order valence-corrected chi connectivity index (χ2v) is 10.2. The number of hydrogen-bond donors (Lipinski definition) is 0. The van der Waals surface area contributed by atoms with E-state index < -0.39 is 10.0 Å². The van der Waals surface area contributed by atoms with Gasteiger partial charge in [0.2, 0.25) is 0 Å². The molecule has 0 fully saturated rings. The van der Waals surface area contributed by atoms with Crippen LogP contribution in [0.3, 0.4) is 0 Å². The number of rotatable bonds is 7. The molecule has 5 aromatic rings. The van der Waals surface area contributed by atoms with Crippen LogP contribution in [0, 0.1) is 0 Å². The van der Waals surface area contributed by atoms with Crippen LogP contribution in [-0.2, 0) is 29.3 Å². The molecule has 8 heteroatoms. The topological polar surface area (TPSA) is 77.7 Å². The molecule has 0 saturated carbocycles. The minimum Gasteiger partial charge on any atom is -0.264 e. The molecule has 0 radical (unpaired) electrons. The van der Waals surface area contributed by atoms with Crippen molar-refractivity contribution >= 4 is 32.7 Å². The molecule has 0 atom stereocenters. The first-order valence-corrected chi connectivity index (χ1v) is 12.6. The number of fused-ring (bicyclic) bond motifs is 1. The molecule has 0 aliphatic rings. The van der Waals surface area contributed by atoms with Crippen LogP contribution in [0.2, 0.25) is 5.02 Å². The van der Waals surface area contributed by atoms with E-state index in [4.69, 9.17) is 11.6 Å².